The van der Waals surface area contributed by atoms with Gasteiger partial charge in [0.2, 0.25) is 5.43 Å². The first-order valence-corrected chi connectivity index (χ1v) is 25.1. The molecule has 0 amide bonds. The van der Waals surface area contributed by atoms with Crippen LogP contribution in [0, 0.1) is 7.14 Å². The van der Waals surface area contributed by atoms with Crippen molar-refractivity contribution in [2.24, 2.45) is 0 Å². The Labute approximate surface area is 462 Å². The maximum atomic E-state index is 14.2. The van der Waals surface area contributed by atoms with Crippen LogP contribution in [0.2, 0.25) is 0 Å². The number of alkyl halides is 24. The molecule has 0 aliphatic heterocycles. The standard InChI is InChI=1S/C32H12BF24.C22H12IO4/c34-25(35,36)13-1-14(26(37,38)39)6-21(5-13)33(22-7-15(27(40,41)42)2-16(8-22)28(43,44)45,23-9-17(29(46,47)48)3-18(10-23)30(49,50)51)24-11-19(31(52,53)54)4-20(12-24)32(55,56)57;24-21-10-6-13-5-7-15(12-20(13)27-21)23-14-8-9-19-17(11-14)22(25)16-3-1-2-4-18(16)26-19/h1-12H;1-12H/q-1;+1. The third-order valence-electron chi connectivity index (χ3n) is 12.8. The molecule has 0 unspecified atom stereocenters. The van der Waals surface area contributed by atoms with Crippen molar-refractivity contribution in [3.63, 3.8) is 0 Å². The zero-order chi connectivity index (χ0) is 62.3. The van der Waals surface area contributed by atoms with Crippen LogP contribution in [0.4, 0.5) is 105 Å². The van der Waals surface area contributed by atoms with Gasteiger partial charge in [-0.15, -0.1) is 0 Å². The molecule has 4 nitrogen and oxygen atoms in total. The molecular formula is C54H24BF24IO4. The smallest absolute Gasteiger partial charge is 0.416 e. The van der Waals surface area contributed by atoms with E-state index < -0.39 is 216 Å². The van der Waals surface area contributed by atoms with Gasteiger partial charge in [0.25, 0.3) is 0 Å². The van der Waals surface area contributed by atoms with Crippen LogP contribution in [0.15, 0.2) is 164 Å². The molecule has 0 aliphatic rings. The fraction of sp³-hybridized carbons (Fsp3) is 0.148. The summed E-state index contributed by atoms with van der Waals surface area (Å²) in [5.41, 5.74) is -28.8. The van der Waals surface area contributed by atoms with Gasteiger partial charge in [-0.05, 0) is 66.7 Å². The van der Waals surface area contributed by atoms with E-state index in [1.807, 2.05) is 48.5 Å². The summed E-state index contributed by atoms with van der Waals surface area (Å²) >= 11 is -0.530. The third kappa shape index (κ3) is 13.2. The van der Waals surface area contributed by atoms with Crippen LogP contribution >= 0.6 is 0 Å². The van der Waals surface area contributed by atoms with E-state index in [2.05, 4.69) is 0 Å². The topological polar surface area (TPSA) is 60.4 Å². The van der Waals surface area contributed by atoms with E-state index in [1.165, 1.54) is 6.07 Å². The molecule has 0 saturated heterocycles. The van der Waals surface area contributed by atoms with Crippen molar-refractivity contribution in [3.8, 4) is 0 Å². The summed E-state index contributed by atoms with van der Waals surface area (Å²) in [7, 11) is 0. The van der Waals surface area contributed by atoms with Gasteiger partial charge in [0.1, 0.15) is 22.9 Å². The Bertz CT molecular complexity index is 3690. The summed E-state index contributed by atoms with van der Waals surface area (Å²) in [5, 5.41) is 2.08. The molecule has 0 aliphatic carbocycles. The molecule has 9 aromatic rings. The molecule has 0 radical (unpaired) electrons. The SMILES string of the molecule is FC(F)(F)c1cc([B-](c2cc(C(F)(F)F)cc(C(F)(F)F)c2)(c2cc(C(F)(F)F)cc(C(F)(F)F)c2)c2cc(C(F)(F)F)cc(C(F)(F)F)c2)cc(C(F)(F)F)c1.O=c1ccc2ccc([I+]c3ccc4oc5ccccc5c(=O)c4c3)cc2o1. The van der Waals surface area contributed by atoms with E-state index in [-0.39, 0.29) is 11.1 Å². The Balaban J connectivity index is 0.000000280. The van der Waals surface area contributed by atoms with Crippen molar-refractivity contribution in [1.29, 1.82) is 0 Å². The minimum atomic E-state index is -6.13. The van der Waals surface area contributed by atoms with E-state index in [9.17, 15) is 115 Å². The number of hydrogen-bond acceptors (Lipinski definition) is 4. The minimum absolute atomic E-state index is 0.0118. The van der Waals surface area contributed by atoms with Crippen LogP contribution in [-0.4, -0.2) is 6.15 Å². The molecule has 0 spiro atoms. The number of rotatable bonds is 6. The van der Waals surface area contributed by atoms with Crippen molar-refractivity contribution in [1.82, 2.24) is 0 Å². The van der Waals surface area contributed by atoms with Crippen molar-refractivity contribution in [3.05, 3.63) is 218 Å². The van der Waals surface area contributed by atoms with Gasteiger partial charge in [-0.2, -0.15) is 127 Å². The molecule has 2 aromatic heterocycles. The monoisotopic (exact) mass is 1330 g/mol. The molecule has 9 rings (SSSR count). The number of halogens is 25. The van der Waals surface area contributed by atoms with Gasteiger partial charge in [0.05, 0.1) is 55.3 Å². The van der Waals surface area contributed by atoms with E-state index in [0.717, 1.165) is 12.5 Å². The van der Waals surface area contributed by atoms with Crippen LogP contribution < -0.4 is 54.1 Å². The molecule has 442 valence electrons. The van der Waals surface area contributed by atoms with Crippen LogP contribution in [0.1, 0.15) is 44.5 Å². The molecule has 0 bridgehead atoms. The van der Waals surface area contributed by atoms with Gasteiger partial charge < -0.3 is 8.83 Å². The second-order valence-electron chi connectivity index (χ2n) is 18.3. The average Bonchev–Trinajstić information content (AvgIpc) is 0.821. The Kier molecular flexibility index (Phi) is 15.9. The largest absolute Gasteiger partial charge is 0.456 e. The normalized spacial score (nSPS) is 13.4. The highest BCUT2D eigenvalue weighted by Gasteiger charge is 2.47. The Morgan fingerprint density at radius 2 is 0.607 bits per heavy atom. The molecule has 2 heterocycles. The van der Waals surface area contributed by atoms with E-state index >= 15 is 0 Å². The highest BCUT2D eigenvalue weighted by atomic mass is 127. The van der Waals surface area contributed by atoms with Crippen molar-refractivity contribution >= 4 is 60.9 Å². The quantitative estimate of drug-likeness (QED) is 0.0547. The Morgan fingerprint density at radius 1 is 0.298 bits per heavy atom. The third-order valence-corrected chi connectivity index (χ3v) is 15.4. The molecule has 0 saturated carbocycles. The number of para-hydroxylation sites is 1. The second-order valence-corrected chi connectivity index (χ2v) is 21.4. The lowest BCUT2D eigenvalue weighted by molar-refractivity contribution is -0.597. The maximum absolute atomic E-state index is 14.2. The fourth-order valence-electron chi connectivity index (χ4n) is 9.12. The molecule has 0 N–H and O–H groups in total. The lowest BCUT2D eigenvalue weighted by Gasteiger charge is -2.46. The lowest BCUT2D eigenvalue weighted by atomic mass is 9.12. The lowest BCUT2D eigenvalue weighted by Crippen LogP contribution is -3.61. The summed E-state index contributed by atoms with van der Waals surface area (Å²) in [5.74, 6) is 0. The minimum Gasteiger partial charge on any atom is -0.456 e. The van der Waals surface area contributed by atoms with Gasteiger partial charge in [0.15, 0.2) is 7.14 Å². The highest BCUT2D eigenvalue weighted by molar-refractivity contribution is 7.20. The molecule has 0 fully saturated rings. The predicted octanol–water partition coefficient (Wildman–Crippen LogP) is 12.4. The first kappa shape index (κ1) is 62.4. The molecule has 30 heteroatoms. The summed E-state index contributed by atoms with van der Waals surface area (Å²) in [6.07, 6.45) is -54.8. The van der Waals surface area contributed by atoms with Gasteiger partial charge in [-0.1, -0.05) is 60.7 Å². The summed E-state index contributed by atoms with van der Waals surface area (Å²) in [6.45, 7) is 0. The highest BCUT2D eigenvalue weighted by Crippen LogP contribution is 2.41. The van der Waals surface area contributed by atoms with Crippen LogP contribution in [0.5, 0.6) is 0 Å². The first-order valence-electron chi connectivity index (χ1n) is 22.9. The van der Waals surface area contributed by atoms with Crippen molar-refractivity contribution in [2.45, 2.75) is 49.4 Å². The average molecular weight is 1330 g/mol. The van der Waals surface area contributed by atoms with Gasteiger partial charge in [-0.25, -0.2) is 4.79 Å². The molecular weight excluding hydrogens is 1310 g/mol. The predicted molar refractivity (Wildman–Crippen MR) is 250 cm³/mol. The van der Waals surface area contributed by atoms with E-state index in [1.54, 1.807) is 18.2 Å². The van der Waals surface area contributed by atoms with Gasteiger partial charge in [-0.3, -0.25) is 4.79 Å². The molecule has 7 aromatic carbocycles. The van der Waals surface area contributed by atoms with E-state index in [4.69, 9.17) is 8.83 Å². The maximum Gasteiger partial charge on any atom is 0.416 e. The zero-order valence-electron chi connectivity index (χ0n) is 40.5. The number of hydrogen-bond donors (Lipinski definition) is 0. The Hall–Kier alpha value is -7.67. The van der Waals surface area contributed by atoms with Gasteiger partial charge in [0, 0.05) is 23.6 Å². The van der Waals surface area contributed by atoms with Crippen LogP contribution in [0.3, 0.4) is 0 Å². The number of benzene rings is 7. The Morgan fingerprint density at radius 3 is 0.964 bits per heavy atom. The van der Waals surface area contributed by atoms with E-state index in [0.29, 0.717) is 27.5 Å². The summed E-state index contributed by atoms with van der Waals surface area (Å²) in [4.78, 5) is 24.2. The second kappa shape index (κ2) is 21.4. The molecule has 84 heavy (non-hydrogen) atoms. The first-order chi connectivity index (χ1) is 38.4. The van der Waals surface area contributed by atoms with Gasteiger partial charge >= 0.3 is 76.2 Å². The summed E-state index contributed by atoms with van der Waals surface area (Å²) < 4.78 is 354. The fourth-order valence-corrected chi connectivity index (χ4v) is 11.5. The van der Waals surface area contributed by atoms with Crippen LogP contribution in [-0.2, 0) is 49.4 Å². The molecule has 0 atom stereocenters. The zero-order valence-corrected chi connectivity index (χ0v) is 42.7. The van der Waals surface area contributed by atoms with Crippen molar-refractivity contribution in [2.75, 3.05) is 0 Å². The number of fused-ring (bicyclic) bond motifs is 3. The summed E-state index contributed by atoms with van der Waals surface area (Å²) in [6, 6.07) is 13.3. The van der Waals surface area contributed by atoms with Crippen LogP contribution in [0.25, 0.3) is 32.9 Å². The van der Waals surface area contributed by atoms with Crippen molar-refractivity contribution < 1.29 is 135 Å².